The van der Waals surface area contributed by atoms with E-state index in [0.717, 1.165) is 15.8 Å². The molecule has 0 bridgehead atoms. The van der Waals surface area contributed by atoms with Crippen LogP contribution in [0.2, 0.25) is 0 Å². The Labute approximate surface area is 133 Å². The molecule has 0 fully saturated rings. The van der Waals surface area contributed by atoms with Gasteiger partial charge in [0, 0.05) is 0 Å². The van der Waals surface area contributed by atoms with E-state index in [1.54, 1.807) is 19.2 Å². The number of benzene rings is 1. The molecule has 0 aliphatic heterocycles. The second-order valence-electron chi connectivity index (χ2n) is 4.34. The molecule has 3 rings (SSSR count). The summed E-state index contributed by atoms with van der Waals surface area (Å²) in [4.78, 5) is 16.5. The van der Waals surface area contributed by atoms with Crippen LogP contribution in [0.1, 0.15) is 16.1 Å². The Morgan fingerprint density at radius 1 is 1.38 bits per heavy atom. The van der Waals surface area contributed by atoms with Gasteiger partial charge in [0.25, 0.3) is 5.91 Å². The summed E-state index contributed by atoms with van der Waals surface area (Å²) in [5.41, 5.74) is 1.84. The number of carbonyl (C=O) groups is 1. The van der Waals surface area contributed by atoms with Crippen LogP contribution in [0.25, 0.3) is 10.2 Å². The fourth-order valence-electron chi connectivity index (χ4n) is 1.92. The predicted molar refractivity (Wildman–Crippen MR) is 85.3 cm³/mol. The van der Waals surface area contributed by atoms with Crippen molar-refractivity contribution in [3.05, 3.63) is 40.3 Å². The number of nitrogens with zero attached hydrogens (tertiary/aromatic N) is 1. The van der Waals surface area contributed by atoms with Crippen LogP contribution in [0, 0.1) is 6.92 Å². The van der Waals surface area contributed by atoms with E-state index >= 15 is 0 Å². The molecule has 3 aromatic rings. The highest BCUT2D eigenvalue weighted by atomic mass is 79.9. The lowest BCUT2D eigenvalue weighted by atomic mass is 10.2. The van der Waals surface area contributed by atoms with Crippen LogP contribution in [0.15, 0.2) is 33.4 Å². The van der Waals surface area contributed by atoms with Crippen molar-refractivity contribution in [1.82, 2.24) is 4.98 Å². The van der Waals surface area contributed by atoms with Gasteiger partial charge in [-0.2, -0.15) is 0 Å². The van der Waals surface area contributed by atoms with Gasteiger partial charge in [0.05, 0.1) is 11.8 Å². The average molecular weight is 367 g/mol. The molecule has 0 saturated carbocycles. The zero-order chi connectivity index (χ0) is 15.0. The molecule has 2 heterocycles. The molecular weight excluding hydrogens is 356 g/mol. The maximum atomic E-state index is 12.1. The molecule has 1 amide bonds. The van der Waals surface area contributed by atoms with E-state index in [-0.39, 0.29) is 11.7 Å². The number of hydrogen-bond donors (Lipinski definition) is 1. The van der Waals surface area contributed by atoms with Crippen molar-refractivity contribution in [3.8, 4) is 5.75 Å². The summed E-state index contributed by atoms with van der Waals surface area (Å²) in [7, 11) is 1.60. The number of ether oxygens (including phenoxy) is 1. The van der Waals surface area contributed by atoms with Crippen molar-refractivity contribution in [2.24, 2.45) is 0 Å². The van der Waals surface area contributed by atoms with Gasteiger partial charge in [-0.1, -0.05) is 17.4 Å². The smallest absolute Gasteiger partial charge is 0.293 e. The summed E-state index contributed by atoms with van der Waals surface area (Å²) in [5, 5.41) is 3.25. The Morgan fingerprint density at radius 3 is 2.86 bits per heavy atom. The Kier molecular flexibility index (Phi) is 3.69. The number of amides is 1. The van der Waals surface area contributed by atoms with Crippen LogP contribution >= 0.6 is 27.3 Å². The number of nitrogens with one attached hydrogen (secondary N) is 1. The number of aryl methyl sites for hydroxylation is 1. The van der Waals surface area contributed by atoms with Gasteiger partial charge in [0.2, 0.25) is 0 Å². The second-order valence-corrected chi connectivity index (χ2v) is 6.12. The van der Waals surface area contributed by atoms with Crippen molar-refractivity contribution in [2.45, 2.75) is 6.92 Å². The average Bonchev–Trinajstić information content (AvgIpc) is 3.06. The molecular formula is C14H11BrN2O3S. The van der Waals surface area contributed by atoms with Gasteiger partial charge < -0.3 is 9.15 Å². The van der Waals surface area contributed by atoms with E-state index in [0.29, 0.717) is 15.6 Å². The van der Waals surface area contributed by atoms with Gasteiger partial charge in [0.15, 0.2) is 15.6 Å². The minimum absolute atomic E-state index is 0.227. The van der Waals surface area contributed by atoms with Gasteiger partial charge in [-0.15, -0.1) is 0 Å². The number of halogens is 1. The van der Waals surface area contributed by atoms with Crippen molar-refractivity contribution < 1.29 is 13.9 Å². The number of aromatic nitrogens is 1. The van der Waals surface area contributed by atoms with Crippen LogP contribution < -0.4 is 10.1 Å². The number of fused-ring (bicyclic) bond motifs is 1. The molecule has 5 nitrogen and oxygen atoms in total. The first-order valence-corrected chi connectivity index (χ1v) is 7.70. The highest BCUT2D eigenvalue weighted by Crippen LogP contribution is 2.34. The molecule has 0 spiro atoms. The summed E-state index contributed by atoms with van der Waals surface area (Å²) < 4.78 is 12.0. The Hall–Kier alpha value is -1.86. The SMILES string of the molecule is COc1ccc(C)c2sc(NC(=O)c3ccc(Br)o3)nc12. The molecule has 1 aromatic carbocycles. The Morgan fingerprint density at radius 2 is 2.19 bits per heavy atom. The third-order valence-corrected chi connectivity index (χ3v) is 4.47. The van der Waals surface area contributed by atoms with E-state index in [4.69, 9.17) is 9.15 Å². The van der Waals surface area contributed by atoms with E-state index in [2.05, 4.69) is 26.2 Å². The van der Waals surface area contributed by atoms with E-state index in [1.807, 2.05) is 19.1 Å². The van der Waals surface area contributed by atoms with Crippen molar-refractivity contribution in [2.75, 3.05) is 12.4 Å². The van der Waals surface area contributed by atoms with Gasteiger partial charge in [0.1, 0.15) is 11.3 Å². The molecule has 0 saturated heterocycles. The standard InChI is InChI=1S/C14H11BrN2O3S/c1-7-3-4-8(19-2)11-12(7)21-14(16-11)17-13(18)9-5-6-10(15)20-9/h3-6H,1-2H3,(H,16,17,18). The summed E-state index contributed by atoms with van der Waals surface area (Å²) in [6.45, 7) is 2.00. The van der Waals surface area contributed by atoms with Crippen LogP contribution in [-0.4, -0.2) is 18.0 Å². The van der Waals surface area contributed by atoms with E-state index < -0.39 is 0 Å². The molecule has 108 valence electrons. The normalized spacial score (nSPS) is 10.8. The first-order valence-electron chi connectivity index (χ1n) is 6.09. The van der Waals surface area contributed by atoms with Crippen molar-refractivity contribution in [3.63, 3.8) is 0 Å². The molecule has 0 unspecified atom stereocenters. The molecule has 0 aliphatic carbocycles. The zero-order valence-corrected chi connectivity index (χ0v) is 13.7. The molecule has 2 aromatic heterocycles. The highest BCUT2D eigenvalue weighted by molar-refractivity contribution is 9.10. The Bertz CT molecular complexity index is 825. The lowest BCUT2D eigenvalue weighted by Gasteiger charge is -2.01. The maximum Gasteiger partial charge on any atom is 0.293 e. The molecule has 0 aliphatic rings. The lowest BCUT2D eigenvalue weighted by molar-refractivity contribution is 0.0995. The minimum atomic E-state index is -0.337. The molecule has 7 heteroatoms. The number of carbonyl (C=O) groups excluding carboxylic acids is 1. The first kappa shape index (κ1) is 14.1. The fraction of sp³-hybridized carbons (Fsp3) is 0.143. The number of hydrogen-bond acceptors (Lipinski definition) is 5. The van der Waals surface area contributed by atoms with Crippen molar-refractivity contribution in [1.29, 1.82) is 0 Å². The number of furan rings is 1. The fourth-order valence-corrected chi connectivity index (χ4v) is 3.18. The summed E-state index contributed by atoms with van der Waals surface area (Å²) in [6, 6.07) is 7.10. The predicted octanol–water partition coefficient (Wildman–Crippen LogP) is 4.22. The number of rotatable bonds is 3. The third-order valence-electron chi connectivity index (χ3n) is 2.94. The third kappa shape index (κ3) is 2.66. The van der Waals surface area contributed by atoms with Crippen LogP contribution in [0.3, 0.4) is 0 Å². The van der Waals surface area contributed by atoms with Crippen molar-refractivity contribution >= 4 is 48.5 Å². The molecule has 0 atom stereocenters. The zero-order valence-electron chi connectivity index (χ0n) is 11.3. The number of methoxy groups -OCH3 is 1. The number of thiazole rings is 1. The molecule has 1 N–H and O–H groups in total. The monoisotopic (exact) mass is 366 g/mol. The Balaban J connectivity index is 1.94. The van der Waals surface area contributed by atoms with Gasteiger partial charge >= 0.3 is 0 Å². The van der Waals surface area contributed by atoms with Crippen LogP contribution in [0.4, 0.5) is 5.13 Å². The largest absolute Gasteiger partial charge is 0.494 e. The summed E-state index contributed by atoms with van der Waals surface area (Å²) >= 11 is 4.57. The van der Waals surface area contributed by atoms with Gasteiger partial charge in [-0.3, -0.25) is 10.1 Å². The van der Waals surface area contributed by atoms with E-state index in [1.165, 1.54) is 11.3 Å². The molecule has 21 heavy (non-hydrogen) atoms. The van der Waals surface area contributed by atoms with Crippen LogP contribution in [-0.2, 0) is 0 Å². The summed E-state index contributed by atoms with van der Waals surface area (Å²) in [5.74, 6) is 0.578. The van der Waals surface area contributed by atoms with E-state index in [9.17, 15) is 4.79 Å². The lowest BCUT2D eigenvalue weighted by Crippen LogP contribution is -2.10. The van der Waals surface area contributed by atoms with Crippen LogP contribution in [0.5, 0.6) is 5.75 Å². The highest BCUT2D eigenvalue weighted by Gasteiger charge is 2.15. The van der Waals surface area contributed by atoms with Gasteiger partial charge in [-0.05, 0) is 46.6 Å². The first-order chi connectivity index (χ1) is 10.1. The number of anilines is 1. The topological polar surface area (TPSA) is 64.4 Å². The quantitative estimate of drug-likeness (QED) is 0.753. The van der Waals surface area contributed by atoms with Gasteiger partial charge in [-0.25, -0.2) is 4.98 Å². The summed E-state index contributed by atoms with van der Waals surface area (Å²) in [6.07, 6.45) is 0. The minimum Gasteiger partial charge on any atom is -0.494 e. The maximum absolute atomic E-state index is 12.1. The molecule has 0 radical (unpaired) electrons. The second kappa shape index (κ2) is 5.50.